The fraction of sp³-hybridized carbons (Fsp3) is 0.714. The van der Waals surface area contributed by atoms with Crippen LogP contribution in [-0.4, -0.2) is 21.5 Å². The van der Waals surface area contributed by atoms with E-state index >= 15 is 0 Å². The molecule has 104 valence electrons. The Labute approximate surface area is 118 Å². The highest BCUT2D eigenvalue weighted by molar-refractivity contribution is 6.20. The molecule has 1 N–H and O–H groups in total. The van der Waals surface area contributed by atoms with Crippen LogP contribution < -0.4 is 10.9 Å². The first kappa shape index (κ1) is 13.0. The number of aromatic nitrogens is 2. The van der Waals surface area contributed by atoms with Crippen molar-refractivity contribution in [1.29, 1.82) is 0 Å². The van der Waals surface area contributed by atoms with E-state index in [2.05, 4.69) is 10.3 Å². The molecule has 19 heavy (non-hydrogen) atoms. The molecule has 1 aromatic heterocycles. The van der Waals surface area contributed by atoms with Crippen LogP contribution in [-0.2, 0) is 0 Å². The van der Waals surface area contributed by atoms with Crippen LogP contribution in [0.5, 0.6) is 0 Å². The van der Waals surface area contributed by atoms with Crippen LogP contribution in [0.2, 0.25) is 0 Å². The average molecular weight is 282 g/mol. The smallest absolute Gasteiger partial charge is 0.293 e. The van der Waals surface area contributed by atoms with Gasteiger partial charge in [-0.25, -0.2) is 4.98 Å². The number of nitrogens with one attached hydrogen (secondary N) is 1. The standard InChI is InChI=1S/C14H20ClN3O/c15-11-3-1-10(2-4-11)9-17-13-14(19)18(8-7-16-13)12-5-6-12/h7-8,10-12H,1-6,9H2,(H,16,17). The lowest BCUT2D eigenvalue weighted by atomic mass is 9.89. The third-order valence-corrected chi connectivity index (χ3v) is 4.58. The van der Waals surface area contributed by atoms with Crippen LogP contribution in [0.15, 0.2) is 17.2 Å². The van der Waals surface area contributed by atoms with Gasteiger partial charge in [0.15, 0.2) is 5.82 Å². The molecule has 0 amide bonds. The van der Waals surface area contributed by atoms with Crippen LogP contribution >= 0.6 is 11.6 Å². The van der Waals surface area contributed by atoms with E-state index in [9.17, 15) is 4.79 Å². The molecule has 0 unspecified atom stereocenters. The van der Waals surface area contributed by atoms with Gasteiger partial charge in [-0.05, 0) is 44.4 Å². The quantitative estimate of drug-likeness (QED) is 0.864. The first-order chi connectivity index (χ1) is 9.24. The molecule has 0 atom stereocenters. The molecule has 2 saturated carbocycles. The summed E-state index contributed by atoms with van der Waals surface area (Å²) in [6.45, 7) is 0.834. The van der Waals surface area contributed by atoms with Crippen molar-refractivity contribution in [3.8, 4) is 0 Å². The normalized spacial score (nSPS) is 27.2. The maximum atomic E-state index is 12.2. The summed E-state index contributed by atoms with van der Waals surface area (Å²) in [6.07, 6.45) is 10.2. The van der Waals surface area contributed by atoms with E-state index in [0.717, 1.165) is 45.1 Å². The summed E-state index contributed by atoms with van der Waals surface area (Å²) >= 11 is 6.10. The molecule has 2 aliphatic carbocycles. The molecule has 0 spiro atoms. The Morgan fingerprint density at radius 3 is 2.68 bits per heavy atom. The summed E-state index contributed by atoms with van der Waals surface area (Å²) in [5.74, 6) is 1.12. The molecule has 4 nitrogen and oxygen atoms in total. The second-order valence-corrected chi connectivity index (χ2v) is 6.34. The van der Waals surface area contributed by atoms with Crippen molar-refractivity contribution >= 4 is 17.4 Å². The second kappa shape index (κ2) is 5.53. The number of halogens is 1. The Hall–Kier alpha value is -1.03. The Bertz CT molecular complexity index is 490. The van der Waals surface area contributed by atoms with E-state index in [-0.39, 0.29) is 5.56 Å². The lowest BCUT2D eigenvalue weighted by Crippen LogP contribution is -2.27. The molecule has 3 rings (SSSR count). The van der Waals surface area contributed by atoms with E-state index < -0.39 is 0 Å². The Morgan fingerprint density at radius 1 is 1.26 bits per heavy atom. The summed E-state index contributed by atoms with van der Waals surface area (Å²) in [5, 5.41) is 3.58. The summed E-state index contributed by atoms with van der Waals surface area (Å²) < 4.78 is 1.81. The lowest BCUT2D eigenvalue weighted by molar-refractivity contribution is 0.377. The van der Waals surface area contributed by atoms with Crippen LogP contribution in [0, 0.1) is 5.92 Å². The first-order valence-corrected chi connectivity index (χ1v) is 7.63. The minimum absolute atomic E-state index is 0.0241. The molecule has 0 saturated heterocycles. The van der Waals surface area contributed by atoms with Gasteiger partial charge < -0.3 is 9.88 Å². The minimum atomic E-state index is 0.0241. The molecule has 0 radical (unpaired) electrons. The predicted octanol–water partition coefficient (Wildman–Crippen LogP) is 2.79. The summed E-state index contributed by atoms with van der Waals surface area (Å²) in [4.78, 5) is 16.4. The Morgan fingerprint density at radius 2 is 2.00 bits per heavy atom. The van der Waals surface area contributed by atoms with Crippen molar-refractivity contribution in [3.63, 3.8) is 0 Å². The average Bonchev–Trinajstić information content (AvgIpc) is 3.24. The molecule has 0 aliphatic heterocycles. The first-order valence-electron chi connectivity index (χ1n) is 7.19. The molecular weight excluding hydrogens is 262 g/mol. The van der Waals surface area contributed by atoms with Gasteiger partial charge in [0.2, 0.25) is 0 Å². The van der Waals surface area contributed by atoms with Gasteiger partial charge in [-0.2, -0.15) is 0 Å². The number of hydrogen-bond acceptors (Lipinski definition) is 3. The number of rotatable bonds is 4. The van der Waals surface area contributed by atoms with Gasteiger partial charge in [0.05, 0.1) is 0 Å². The highest BCUT2D eigenvalue weighted by atomic mass is 35.5. The molecule has 2 fully saturated rings. The topological polar surface area (TPSA) is 46.9 Å². The Balaban J connectivity index is 1.60. The number of nitrogens with zero attached hydrogens (tertiary/aromatic N) is 2. The summed E-state index contributed by atoms with van der Waals surface area (Å²) in [5.41, 5.74) is 0.0241. The van der Waals surface area contributed by atoms with Gasteiger partial charge in [-0.15, -0.1) is 11.6 Å². The van der Waals surface area contributed by atoms with E-state index in [1.54, 1.807) is 12.4 Å². The molecule has 1 aromatic rings. The Kier molecular flexibility index (Phi) is 3.78. The van der Waals surface area contributed by atoms with E-state index in [0.29, 0.717) is 23.2 Å². The van der Waals surface area contributed by atoms with Crippen molar-refractivity contribution in [1.82, 2.24) is 9.55 Å². The molecule has 0 bridgehead atoms. The maximum Gasteiger partial charge on any atom is 0.293 e. The predicted molar refractivity (Wildman–Crippen MR) is 76.9 cm³/mol. The molecular formula is C14H20ClN3O. The van der Waals surface area contributed by atoms with E-state index in [1.165, 1.54) is 0 Å². The maximum absolute atomic E-state index is 12.2. The number of alkyl halides is 1. The van der Waals surface area contributed by atoms with E-state index in [4.69, 9.17) is 11.6 Å². The number of anilines is 1. The summed E-state index contributed by atoms with van der Waals surface area (Å²) in [7, 11) is 0. The van der Waals surface area contributed by atoms with Gasteiger partial charge in [-0.1, -0.05) is 0 Å². The largest absolute Gasteiger partial charge is 0.365 e. The van der Waals surface area contributed by atoms with Gasteiger partial charge in [-0.3, -0.25) is 4.79 Å². The van der Waals surface area contributed by atoms with Crippen LogP contribution in [0.25, 0.3) is 0 Å². The van der Waals surface area contributed by atoms with Crippen LogP contribution in [0.3, 0.4) is 0 Å². The minimum Gasteiger partial charge on any atom is -0.365 e. The second-order valence-electron chi connectivity index (χ2n) is 5.72. The van der Waals surface area contributed by atoms with Crippen molar-refractivity contribution in [3.05, 3.63) is 22.7 Å². The van der Waals surface area contributed by atoms with Gasteiger partial charge in [0.25, 0.3) is 5.56 Å². The fourth-order valence-corrected chi connectivity index (χ4v) is 3.01. The zero-order valence-electron chi connectivity index (χ0n) is 11.0. The van der Waals surface area contributed by atoms with Crippen molar-refractivity contribution < 1.29 is 0 Å². The molecule has 5 heteroatoms. The SMILES string of the molecule is O=c1c(NCC2CCC(Cl)CC2)nccn1C1CC1. The summed E-state index contributed by atoms with van der Waals surface area (Å²) in [6, 6.07) is 0.405. The van der Waals surface area contributed by atoms with Crippen LogP contribution in [0.1, 0.15) is 44.6 Å². The van der Waals surface area contributed by atoms with Crippen LogP contribution in [0.4, 0.5) is 5.82 Å². The third kappa shape index (κ3) is 3.11. The zero-order chi connectivity index (χ0) is 13.2. The van der Waals surface area contributed by atoms with Crippen molar-refractivity contribution in [2.75, 3.05) is 11.9 Å². The highest BCUT2D eigenvalue weighted by Gasteiger charge is 2.25. The van der Waals surface area contributed by atoms with Gasteiger partial charge in [0.1, 0.15) is 0 Å². The third-order valence-electron chi connectivity index (χ3n) is 4.14. The van der Waals surface area contributed by atoms with Gasteiger partial charge >= 0.3 is 0 Å². The monoisotopic (exact) mass is 281 g/mol. The molecule has 0 aromatic carbocycles. The van der Waals surface area contributed by atoms with E-state index in [1.807, 2.05) is 4.57 Å². The lowest BCUT2D eigenvalue weighted by Gasteiger charge is -2.25. The molecule has 1 heterocycles. The number of hydrogen-bond donors (Lipinski definition) is 1. The fourth-order valence-electron chi connectivity index (χ4n) is 2.75. The molecule has 2 aliphatic rings. The van der Waals surface area contributed by atoms with Crippen molar-refractivity contribution in [2.24, 2.45) is 5.92 Å². The van der Waals surface area contributed by atoms with Crippen molar-refractivity contribution in [2.45, 2.75) is 49.9 Å². The zero-order valence-corrected chi connectivity index (χ0v) is 11.8. The highest BCUT2D eigenvalue weighted by Crippen LogP contribution is 2.33. The van der Waals surface area contributed by atoms with Gasteiger partial charge in [0, 0.05) is 30.4 Å².